The lowest BCUT2D eigenvalue weighted by atomic mass is 10.4. The van der Waals surface area contributed by atoms with Crippen LogP contribution in [-0.2, 0) is 0 Å². The number of hydrogen-bond acceptors (Lipinski definition) is 2. The van der Waals surface area contributed by atoms with Gasteiger partial charge in [0.05, 0.1) is 11.7 Å². The molecule has 0 amide bonds. The minimum absolute atomic E-state index is 0.219. The van der Waals surface area contributed by atoms with Crippen LogP contribution in [0.5, 0.6) is 0 Å². The second-order valence-electron chi connectivity index (χ2n) is 2.32. The van der Waals surface area contributed by atoms with Gasteiger partial charge in [0, 0.05) is 0 Å². The number of alkyl halides is 2. The first-order chi connectivity index (χ1) is 5.77. The second kappa shape index (κ2) is 2.51. The zero-order valence-corrected chi connectivity index (χ0v) is 5.98. The summed E-state index contributed by atoms with van der Waals surface area (Å²) >= 11 is 0. The largest absolute Gasteiger partial charge is 0.280 e. The molecule has 5 heteroatoms. The van der Waals surface area contributed by atoms with E-state index in [9.17, 15) is 8.78 Å². The lowest BCUT2D eigenvalue weighted by Crippen LogP contribution is -1.94. The van der Waals surface area contributed by atoms with E-state index in [-0.39, 0.29) is 5.69 Å². The Morgan fingerprint density at radius 2 is 2.25 bits per heavy atom. The van der Waals surface area contributed by atoms with Crippen molar-refractivity contribution in [3.8, 4) is 0 Å². The fraction of sp³-hybridized carbons (Fsp3) is 0.143. The van der Waals surface area contributed by atoms with E-state index in [2.05, 4.69) is 10.1 Å². The molecule has 0 saturated heterocycles. The quantitative estimate of drug-likeness (QED) is 0.649. The van der Waals surface area contributed by atoms with Crippen molar-refractivity contribution in [3.63, 3.8) is 0 Å². The first kappa shape index (κ1) is 7.15. The van der Waals surface area contributed by atoms with Crippen molar-refractivity contribution in [3.05, 3.63) is 30.4 Å². The van der Waals surface area contributed by atoms with Gasteiger partial charge in [-0.3, -0.25) is 0 Å². The third-order valence-electron chi connectivity index (χ3n) is 1.54. The topological polar surface area (TPSA) is 30.2 Å². The highest BCUT2D eigenvalue weighted by Gasteiger charge is 2.08. The summed E-state index contributed by atoms with van der Waals surface area (Å²) in [5.41, 5.74) is 0.406. The molecule has 12 heavy (non-hydrogen) atoms. The third-order valence-corrected chi connectivity index (χ3v) is 1.54. The van der Waals surface area contributed by atoms with Crippen LogP contribution >= 0.6 is 0 Å². The number of nitrogens with zero attached hydrogens (tertiary/aromatic N) is 3. The fourth-order valence-electron chi connectivity index (χ4n) is 0.965. The van der Waals surface area contributed by atoms with Crippen molar-refractivity contribution < 1.29 is 8.78 Å². The first-order valence-corrected chi connectivity index (χ1v) is 3.35. The van der Waals surface area contributed by atoms with Crippen LogP contribution < -0.4 is 0 Å². The van der Waals surface area contributed by atoms with Gasteiger partial charge in [-0.2, -0.15) is 5.10 Å². The molecule has 2 aromatic heterocycles. The predicted octanol–water partition coefficient (Wildman–Crippen LogP) is 1.67. The van der Waals surface area contributed by atoms with Crippen LogP contribution in [0.15, 0.2) is 24.7 Å². The van der Waals surface area contributed by atoms with Crippen LogP contribution in [0.25, 0.3) is 5.52 Å². The Bertz CT molecular complexity index is 396. The molecule has 0 aliphatic carbocycles. The molecule has 0 bridgehead atoms. The molecule has 0 aliphatic rings. The highest BCUT2D eigenvalue weighted by molar-refractivity contribution is 5.45. The lowest BCUT2D eigenvalue weighted by molar-refractivity contribution is 0.146. The van der Waals surface area contributed by atoms with Gasteiger partial charge in [-0.05, 0) is 12.1 Å². The smallest absolute Gasteiger partial charge is 0.235 e. The van der Waals surface area contributed by atoms with E-state index >= 15 is 0 Å². The Morgan fingerprint density at radius 1 is 1.42 bits per heavy atom. The van der Waals surface area contributed by atoms with Gasteiger partial charge < -0.3 is 0 Å². The summed E-state index contributed by atoms with van der Waals surface area (Å²) in [4.78, 5) is 3.53. The van der Waals surface area contributed by atoms with E-state index in [1.807, 2.05) is 0 Å². The van der Waals surface area contributed by atoms with Crippen LogP contribution in [0.3, 0.4) is 0 Å². The standard InChI is InChI=1S/C7H5F2N3/c8-7(9)6-3-5-1-2-11-12(5)4-10-6/h1-4,7H. The van der Waals surface area contributed by atoms with Crippen LogP contribution in [0.2, 0.25) is 0 Å². The van der Waals surface area contributed by atoms with E-state index in [0.29, 0.717) is 5.52 Å². The van der Waals surface area contributed by atoms with Crippen LogP contribution in [0.4, 0.5) is 8.78 Å². The fourth-order valence-corrected chi connectivity index (χ4v) is 0.965. The SMILES string of the molecule is FC(F)c1cc2ccnn2cn1. The van der Waals surface area contributed by atoms with E-state index in [1.54, 1.807) is 6.07 Å². The molecular formula is C7H5F2N3. The predicted molar refractivity (Wildman–Crippen MR) is 37.9 cm³/mol. The maximum atomic E-state index is 12.1. The molecule has 0 radical (unpaired) electrons. The Labute approximate surface area is 66.7 Å². The molecule has 0 atom stereocenters. The molecule has 2 aromatic rings. The summed E-state index contributed by atoms with van der Waals surface area (Å²) in [5.74, 6) is 0. The van der Waals surface area contributed by atoms with Gasteiger partial charge >= 0.3 is 0 Å². The Kier molecular flexibility index (Phi) is 1.49. The molecule has 62 valence electrons. The summed E-state index contributed by atoms with van der Waals surface area (Å²) < 4.78 is 25.7. The van der Waals surface area contributed by atoms with E-state index in [4.69, 9.17) is 0 Å². The number of fused-ring (bicyclic) bond motifs is 1. The summed E-state index contributed by atoms with van der Waals surface area (Å²) in [5, 5.41) is 3.83. The Hall–Kier alpha value is -1.52. The van der Waals surface area contributed by atoms with E-state index < -0.39 is 6.43 Å². The molecule has 0 aromatic carbocycles. The molecule has 0 unspecified atom stereocenters. The molecule has 2 rings (SSSR count). The highest BCUT2D eigenvalue weighted by Crippen LogP contribution is 2.16. The van der Waals surface area contributed by atoms with Gasteiger partial charge in [-0.15, -0.1) is 0 Å². The molecule has 2 heterocycles. The van der Waals surface area contributed by atoms with Gasteiger partial charge in [0.2, 0.25) is 0 Å². The third kappa shape index (κ3) is 1.03. The Balaban J connectivity index is 2.60. The molecule has 0 fully saturated rings. The van der Waals surface area contributed by atoms with Crippen LogP contribution in [-0.4, -0.2) is 14.6 Å². The van der Waals surface area contributed by atoms with Gasteiger partial charge in [0.25, 0.3) is 6.43 Å². The van der Waals surface area contributed by atoms with Gasteiger partial charge in [-0.1, -0.05) is 0 Å². The number of rotatable bonds is 1. The molecule has 3 nitrogen and oxygen atoms in total. The lowest BCUT2D eigenvalue weighted by Gasteiger charge is -1.97. The molecule has 0 N–H and O–H groups in total. The van der Waals surface area contributed by atoms with Crippen molar-refractivity contribution in [2.45, 2.75) is 6.43 Å². The summed E-state index contributed by atoms with van der Waals surface area (Å²) in [6, 6.07) is 2.96. The van der Waals surface area contributed by atoms with Crippen molar-refractivity contribution in [2.24, 2.45) is 0 Å². The monoisotopic (exact) mass is 169 g/mol. The molecule has 0 aliphatic heterocycles. The van der Waals surface area contributed by atoms with Crippen molar-refractivity contribution in [1.82, 2.24) is 14.6 Å². The normalized spacial score (nSPS) is 11.2. The number of halogens is 2. The van der Waals surface area contributed by atoms with Crippen molar-refractivity contribution in [2.75, 3.05) is 0 Å². The molecule has 0 saturated carbocycles. The Morgan fingerprint density at radius 3 is 3.00 bits per heavy atom. The first-order valence-electron chi connectivity index (χ1n) is 3.35. The van der Waals surface area contributed by atoms with Crippen LogP contribution in [0, 0.1) is 0 Å². The maximum absolute atomic E-state index is 12.1. The van der Waals surface area contributed by atoms with E-state index in [0.717, 1.165) is 0 Å². The zero-order valence-electron chi connectivity index (χ0n) is 5.98. The zero-order chi connectivity index (χ0) is 8.55. The van der Waals surface area contributed by atoms with Gasteiger partial charge in [0.15, 0.2) is 0 Å². The van der Waals surface area contributed by atoms with Crippen LogP contribution in [0.1, 0.15) is 12.1 Å². The van der Waals surface area contributed by atoms with Crippen molar-refractivity contribution in [1.29, 1.82) is 0 Å². The minimum Gasteiger partial charge on any atom is -0.235 e. The van der Waals surface area contributed by atoms with Gasteiger partial charge in [0.1, 0.15) is 12.0 Å². The average Bonchev–Trinajstić information content (AvgIpc) is 2.49. The summed E-state index contributed by atoms with van der Waals surface area (Å²) in [6.07, 6.45) is 0.285. The van der Waals surface area contributed by atoms with E-state index in [1.165, 1.54) is 23.1 Å². The van der Waals surface area contributed by atoms with Gasteiger partial charge in [-0.25, -0.2) is 18.3 Å². The highest BCUT2D eigenvalue weighted by atomic mass is 19.3. The van der Waals surface area contributed by atoms with Crippen molar-refractivity contribution >= 4 is 5.52 Å². The number of hydrogen-bond donors (Lipinski definition) is 0. The summed E-state index contributed by atoms with van der Waals surface area (Å²) in [6.45, 7) is 0. The summed E-state index contributed by atoms with van der Waals surface area (Å²) in [7, 11) is 0. The minimum atomic E-state index is -2.52. The number of aromatic nitrogens is 3. The molecular weight excluding hydrogens is 164 g/mol. The average molecular weight is 169 g/mol. The molecule has 0 spiro atoms. The maximum Gasteiger partial charge on any atom is 0.280 e. The second-order valence-corrected chi connectivity index (χ2v) is 2.32.